The standard InChI is InChI=1S/C23H16F3N3O/c24-18-7-5-15(6-8-18)21-13-27-22(29-21)16-3-1-14(2-4-16)12-28-23(30)17-9-19(25)11-20(26)10-17/h1-11,13H,12H2,(H,27,29)(H,28,30). The smallest absolute Gasteiger partial charge is 0.251 e. The Balaban J connectivity index is 1.42. The van der Waals surface area contributed by atoms with Crippen LogP contribution < -0.4 is 5.32 Å². The molecule has 150 valence electrons. The van der Waals surface area contributed by atoms with E-state index in [2.05, 4.69) is 15.3 Å². The molecule has 7 heteroatoms. The van der Waals surface area contributed by atoms with E-state index in [4.69, 9.17) is 0 Å². The second-order valence-corrected chi connectivity index (χ2v) is 6.69. The first-order valence-corrected chi connectivity index (χ1v) is 9.12. The van der Waals surface area contributed by atoms with Crippen LogP contribution in [0.25, 0.3) is 22.6 Å². The van der Waals surface area contributed by atoms with Crippen molar-refractivity contribution in [2.24, 2.45) is 0 Å². The zero-order valence-corrected chi connectivity index (χ0v) is 15.6. The lowest BCUT2D eigenvalue weighted by Crippen LogP contribution is -2.23. The molecular formula is C23H16F3N3O. The molecule has 1 aromatic heterocycles. The fourth-order valence-electron chi connectivity index (χ4n) is 2.99. The van der Waals surface area contributed by atoms with Gasteiger partial charge in [-0.2, -0.15) is 0 Å². The molecule has 4 nitrogen and oxygen atoms in total. The van der Waals surface area contributed by atoms with Crippen LogP contribution in [0.2, 0.25) is 0 Å². The normalized spacial score (nSPS) is 10.8. The van der Waals surface area contributed by atoms with Crippen molar-refractivity contribution in [3.63, 3.8) is 0 Å². The number of H-pyrrole nitrogens is 1. The van der Waals surface area contributed by atoms with E-state index < -0.39 is 17.5 Å². The van der Waals surface area contributed by atoms with Gasteiger partial charge in [-0.1, -0.05) is 24.3 Å². The summed E-state index contributed by atoms with van der Waals surface area (Å²) in [7, 11) is 0. The highest BCUT2D eigenvalue weighted by Crippen LogP contribution is 2.22. The van der Waals surface area contributed by atoms with Crippen molar-refractivity contribution < 1.29 is 18.0 Å². The van der Waals surface area contributed by atoms with Crippen LogP contribution in [0, 0.1) is 17.5 Å². The molecule has 0 spiro atoms. The lowest BCUT2D eigenvalue weighted by atomic mass is 10.1. The van der Waals surface area contributed by atoms with Crippen molar-refractivity contribution in [2.45, 2.75) is 6.54 Å². The van der Waals surface area contributed by atoms with Crippen LogP contribution in [0.15, 0.2) is 72.9 Å². The molecule has 4 rings (SSSR count). The van der Waals surface area contributed by atoms with Gasteiger partial charge in [0.1, 0.15) is 23.3 Å². The third-order valence-corrected chi connectivity index (χ3v) is 4.54. The Morgan fingerprint density at radius 2 is 1.47 bits per heavy atom. The predicted octanol–water partition coefficient (Wildman–Crippen LogP) is 5.09. The number of carbonyl (C=O) groups excluding carboxylic acids is 1. The zero-order valence-electron chi connectivity index (χ0n) is 15.6. The first-order chi connectivity index (χ1) is 14.5. The van der Waals surface area contributed by atoms with Gasteiger partial charge < -0.3 is 10.3 Å². The van der Waals surface area contributed by atoms with Crippen molar-refractivity contribution in [3.8, 4) is 22.6 Å². The summed E-state index contributed by atoms with van der Waals surface area (Å²) in [6.07, 6.45) is 1.68. The second kappa shape index (κ2) is 8.24. The number of halogens is 3. The predicted molar refractivity (Wildman–Crippen MR) is 107 cm³/mol. The minimum atomic E-state index is -0.803. The van der Waals surface area contributed by atoms with Gasteiger partial charge in [-0.15, -0.1) is 0 Å². The van der Waals surface area contributed by atoms with E-state index in [0.29, 0.717) is 11.9 Å². The van der Waals surface area contributed by atoms with Crippen molar-refractivity contribution in [1.29, 1.82) is 0 Å². The number of amides is 1. The average molecular weight is 407 g/mol. The van der Waals surface area contributed by atoms with Crippen molar-refractivity contribution in [2.75, 3.05) is 0 Å². The fraction of sp³-hybridized carbons (Fsp3) is 0.0435. The van der Waals surface area contributed by atoms with E-state index in [-0.39, 0.29) is 17.9 Å². The number of aromatic amines is 1. The fourth-order valence-corrected chi connectivity index (χ4v) is 2.99. The molecule has 1 amide bonds. The first kappa shape index (κ1) is 19.4. The number of hydrogen-bond donors (Lipinski definition) is 2. The molecule has 0 aliphatic heterocycles. The van der Waals surface area contributed by atoms with E-state index in [0.717, 1.165) is 34.5 Å². The summed E-state index contributed by atoms with van der Waals surface area (Å²) in [6.45, 7) is 0.205. The summed E-state index contributed by atoms with van der Waals surface area (Å²) in [6, 6.07) is 16.1. The third-order valence-electron chi connectivity index (χ3n) is 4.54. The molecule has 4 aromatic rings. The number of imidazole rings is 1. The first-order valence-electron chi connectivity index (χ1n) is 9.12. The van der Waals surface area contributed by atoms with E-state index in [1.54, 1.807) is 18.3 Å². The highest BCUT2D eigenvalue weighted by Gasteiger charge is 2.10. The molecule has 0 saturated heterocycles. The quantitative estimate of drug-likeness (QED) is 0.484. The Morgan fingerprint density at radius 1 is 0.833 bits per heavy atom. The van der Waals surface area contributed by atoms with Crippen LogP contribution in [-0.2, 0) is 6.54 Å². The Morgan fingerprint density at radius 3 is 2.13 bits per heavy atom. The van der Waals surface area contributed by atoms with Crippen molar-refractivity contribution >= 4 is 5.91 Å². The number of rotatable bonds is 5. The highest BCUT2D eigenvalue weighted by molar-refractivity contribution is 5.94. The molecule has 30 heavy (non-hydrogen) atoms. The summed E-state index contributed by atoms with van der Waals surface area (Å²) >= 11 is 0. The Labute approximate surface area is 170 Å². The van der Waals surface area contributed by atoms with Crippen molar-refractivity contribution in [1.82, 2.24) is 15.3 Å². The van der Waals surface area contributed by atoms with Crippen LogP contribution in [0.4, 0.5) is 13.2 Å². The maximum atomic E-state index is 13.2. The number of benzene rings is 3. The molecule has 0 aliphatic carbocycles. The molecule has 0 radical (unpaired) electrons. The van der Waals surface area contributed by atoms with Gasteiger partial charge in [-0.05, 0) is 47.5 Å². The Hall–Kier alpha value is -3.87. The van der Waals surface area contributed by atoms with Crippen LogP contribution in [0.1, 0.15) is 15.9 Å². The van der Waals surface area contributed by atoms with Gasteiger partial charge in [0.25, 0.3) is 5.91 Å². The summed E-state index contributed by atoms with van der Waals surface area (Å²) in [4.78, 5) is 19.6. The Kier molecular flexibility index (Phi) is 5.34. The molecule has 0 saturated carbocycles. The summed E-state index contributed by atoms with van der Waals surface area (Å²) in [5, 5.41) is 2.63. The summed E-state index contributed by atoms with van der Waals surface area (Å²) < 4.78 is 39.5. The molecule has 3 aromatic carbocycles. The van der Waals surface area contributed by atoms with Gasteiger partial charge in [-0.3, -0.25) is 4.79 Å². The average Bonchev–Trinajstić information content (AvgIpc) is 3.22. The van der Waals surface area contributed by atoms with Gasteiger partial charge in [0, 0.05) is 23.7 Å². The molecule has 0 fully saturated rings. The number of carbonyl (C=O) groups is 1. The van der Waals surface area contributed by atoms with Gasteiger partial charge in [0.2, 0.25) is 0 Å². The van der Waals surface area contributed by atoms with Crippen LogP contribution >= 0.6 is 0 Å². The molecule has 0 bridgehead atoms. The van der Waals surface area contributed by atoms with Crippen LogP contribution in [0.5, 0.6) is 0 Å². The SMILES string of the molecule is O=C(NCc1ccc(-c2ncc(-c3ccc(F)cc3)[nH]2)cc1)c1cc(F)cc(F)c1. The minimum Gasteiger partial charge on any atom is -0.348 e. The van der Waals surface area contributed by atoms with Crippen LogP contribution in [0.3, 0.4) is 0 Å². The lowest BCUT2D eigenvalue weighted by Gasteiger charge is -2.07. The highest BCUT2D eigenvalue weighted by atomic mass is 19.1. The molecule has 2 N–H and O–H groups in total. The molecule has 0 unspecified atom stereocenters. The molecular weight excluding hydrogens is 391 g/mol. The van der Waals surface area contributed by atoms with E-state index in [9.17, 15) is 18.0 Å². The third kappa shape index (κ3) is 4.41. The van der Waals surface area contributed by atoms with Gasteiger partial charge in [0.15, 0.2) is 0 Å². The summed E-state index contributed by atoms with van der Waals surface area (Å²) in [5.74, 6) is -1.82. The number of aromatic nitrogens is 2. The topological polar surface area (TPSA) is 57.8 Å². The van der Waals surface area contributed by atoms with Crippen LogP contribution in [-0.4, -0.2) is 15.9 Å². The van der Waals surface area contributed by atoms with E-state index >= 15 is 0 Å². The minimum absolute atomic E-state index is 0.0759. The molecule has 0 aliphatic rings. The largest absolute Gasteiger partial charge is 0.348 e. The lowest BCUT2D eigenvalue weighted by molar-refractivity contribution is 0.0950. The number of nitrogens with one attached hydrogen (secondary N) is 2. The Bertz CT molecular complexity index is 1170. The molecule has 1 heterocycles. The van der Waals surface area contributed by atoms with E-state index in [1.807, 2.05) is 24.3 Å². The van der Waals surface area contributed by atoms with Gasteiger partial charge in [0.05, 0.1) is 11.9 Å². The van der Waals surface area contributed by atoms with Gasteiger partial charge >= 0.3 is 0 Å². The zero-order chi connectivity index (χ0) is 21.1. The van der Waals surface area contributed by atoms with Crippen molar-refractivity contribution in [3.05, 3.63) is 102 Å². The number of nitrogens with zero attached hydrogens (tertiary/aromatic N) is 1. The molecule has 0 atom stereocenters. The van der Waals surface area contributed by atoms with Gasteiger partial charge in [-0.25, -0.2) is 18.2 Å². The summed E-state index contributed by atoms with van der Waals surface area (Å²) in [5.41, 5.74) is 3.17. The maximum Gasteiger partial charge on any atom is 0.251 e. The maximum absolute atomic E-state index is 13.2. The second-order valence-electron chi connectivity index (χ2n) is 6.69. The number of hydrogen-bond acceptors (Lipinski definition) is 2. The monoisotopic (exact) mass is 407 g/mol. The van der Waals surface area contributed by atoms with E-state index in [1.165, 1.54) is 12.1 Å².